The number of aliphatic hydroxyl groups excluding tert-OH is 4. The predicted molar refractivity (Wildman–Crippen MR) is 155 cm³/mol. The first-order valence-corrected chi connectivity index (χ1v) is 13.6. The Morgan fingerprint density at radius 2 is 1.73 bits per heavy atom. The molecule has 7 atom stereocenters. The van der Waals surface area contributed by atoms with Gasteiger partial charge in [-0.25, -0.2) is 4.98 Å². The van der Waals surface area contributed by atoms with Crippen molar-refractivity contribution in [1.82, 2.24) is 4.98 Å². The van der Waals surface area contributed by atoms with Crippen molar-refractivity contribution in [2.75, 3.05) is 14.2 Å². The third kappa shape index (κ3) is 8.41. The lowest BCUT2D eigenvalue weighted by Crippen LogP contribution is -2.58. The van der Waals surface area contributed by atoms with Crippen LogP contribution in [0.2, 0.25) is 0 Å². The van der Waals surface area contributed by atoms with Crippen molar-refractivity contribution in [3.63, 3.8) is 0 Å². The third-order valence-electron chi connectivity index (χ3n) is 7.26. The van der Waals surface area contributed by atoms with Gasteiger partial charge in [0.2, 0.25) is 12.0 Å². The highest BCUT2D eigenvalue weighted by Gasteiger charge is 2.43. The highest BCUT2D eigenvalue weighted by Crippen LogP contribution is 2.41. The summed E-state index contributed by atoms with van der Waals surface area (Å²) in [6.45, 7) is 13.3. The van der Waals surface area contributed by atoms with E-state index in [9.17, 15) is 20.4 Å². The minimum atomic E-state index is -1.47. The summed E-state index contributed by atoms with van der Waals surface area (Å²) < 4.78 is 22.6. The van der Waals surface area contributed by atoms with E-state index in [0.29, 0.717) is 17.7 Å². The number of allylic oxidation sites excluding steroid dienone is 6. The highest BCUT2D eigenvalue weighted by atomic mass is 16.7. The van der Waals surface area contributed by atoms with Crippen molar-refractivity contribution in [1.29, 1.82) is 0 Å². The van der Waals surface area contributed by atoms with E-state index in [1.165, 1.54) is 14.2 Å². The molecule has 0 amide bonds. The Morgan fingerprint density at radius 3 is 2.33 bits per heavy atom. The number of nitrogens with zero attached hydrogens (tertiary/aromatic N) is 1. The first-order chi connectivity index (χ1) is 18.9. The van der Waals surface area contributed by atoms with Crippen LogP contribution in [-0.4, -0.2) is 76.4 Å². The molecule has 0 aromatic carbocycles. The average molecular weight is 562 g/mol. The number of ether oxygens (including phenoxy) is 4. The molecular formula is C31H47NO8. The molecule has 1 aromatic rings. The molecule has 1 aromatic heterocycles. The van der Waals surface area contributed by atoms with Gasteiger partial charge in [-0.1, -0.05) is 48.5 Å². The molecule has 0 aliphatic carbocycles. The van der Waals surface area contributed by atoms with Crippen molar-refractivity contribution in [3.8, 4) is 17.4 Å². The van der Waals surface area contributed by atoms with Gasteiger partial charge in [0.25, 0.3) is 5.88 Å². The summed E-state index contributed by atoms with van der Waals surface area (Å²) in [5, 5.41) is 41.0. The van der Waals surface area contributed by atoms with Gasteiger partial charge in [-0.05, 0) is 53.5 Å². The van der Waals surface area contributed by atoms with Gasteiger partial charge in [-0.15, -0.1) is 0 Å². The van der Waals surface area contributed by atoms with E-state index in [0.717, 1.165) is 23.1 Å². The number of hydrogen-bond acceptors (Lipinski definition) is 9. The Kier molecular flexibility index (Phi) is 12.9. The maximum Gasteiger partial charge on any atom is 0.261 e. The van der Waals surface area contributed by atoms with Crippen LogP contribution in [0.4, 0.5) is 0 Å². The van der Waals surface area contributed by atoms with Crippen LogP contribution in [0.25, 0.3) is 0 Å². The molecule has 1 aliphatic heterocycles. The minimum absolute atomic E-state index is 0.0182. The van der Waals surface area contributed by atoms with Crippen LogP contribution in [-0.2, 0) is 11.2 Å². The molecule has 0 radical (unpaired) electrons. The Morgan fingerprint density at radius 1 is 1.05 bits per heavy atom. The van der Waals surface area contributed by atoms with Crippen LogP contribution >= 0.6 is 0 Å². The molecule has 9 heteroatoms. The maximum absolute atomic E-state index is 10.5. The van der Waals surface area contributed by atoms with Crippen LogP contribution in [0, 0.1) is 12.8 Å². The summed E-state index contributed by atoms with van der Waals surface area (Å²) in [6, 6.07) is 0. The first kappa shape index (κ1) is 33.5. The van der Waals surface area contributed by atoms with E-state index in [4.69, 9.17) is 18.9 Å². The summed E-state index contributed by atoms with van der Waals surface area (Å²) in [6.07, 6.45) is 4.85. The van der Waals surface area contributed by atoms with Gasteiger partial charge >= 0.3 is 0 Å². The number of rotatable bonds is 12. The SMILES string of the molecule is C/C=C(\C)C(O)C(C)/C=C(C)/C=C/C/C(C)=C/Cc1nc(OC)c(OC)c(OC2OC(C)C(O)C(O)C2O)c1C. The number of pyridine rings is 1. The fraction of sp³-hybridized carbons (Fsp3) is 0.581. The van der Waals surface area contributed by atoms with Crippen molar-refractivity contribution < 1.29 is 39.4 Å². The molecule has 2 heterocycles. The molecule has 40 heavy (non-hydrogen) atoms. The summed E-state index contributed by atoms with van der Waals surface area (Å²) in [5.41, 5.74) is 4.54. The number of hydrogen-bond donors (Lipinski definition) is 4. The average Bonchev–Trinajstić information content (AvgIpc) is 2.93. The second-order valence-corrected chi connectivity index (χ2v) is 10.5. The Hall–Kier alpha value is -2.69. The van der Waals surface area contributed by atoms with Crippen LogP contribution in [0.1, 0.15) is 59.2 Å². The van der Waals surface area contributed by atoms with E-state index in [-0.39, 0.29) is 23.3 Å². The second-order valence-electron chi connectivity index (χ2n) is 10.5. The topological polar surface area (TPSA) is 131 Å². The van der Waals surface area contributed by atoms with Gasteiger partial charge in [-0.3, -0.25) is 0 Å². The molecular weight excluding hydrogens is 514 g/mol. The summed E-state index contributed by atoms with van der Waals surface area (Å²) in [4.78, 5) is 4.61. The lowest BCUT2D eigenvalue weighted by molar-refractivity contribution is -0.268. The van der Waals surface area contributed by atoms with Crippen molar-refractivity contribution >= 4 is 0 Å². The first-order valence-electron chi connectivity index (χ1n) is 13.6. The molecule has 7 unspecified atom stereocenters. The Balaban J connectivity index is 2.20. The van der Waals surface area contributed by atoms with Crippen LogP contribution in [0.15, 0.2) is 47.1 Å². The van der Waals surface area contributed by atoms with E-state index >= 15 is 0 Å². The summed E-state index contributed by atoms with van der Waals surface area (Å²) in [7, 11) is 2.93. The fourth-order valence-corrected chi connectivity index (χ4v) is 4.47. The Labute approximate surface area is 238 Å². The smallest absolute Gasteiger partial charge is 0.261 e. The summed E-state index contributed by atoms with van der Waals surface area (Å²) in [5.74, 6) is 0.751. The standard InChI is InChI=1S/C31H47NO8/c1-10-19(4)24(33)20(5)16-18(3)13-11-12-17(2)14-15-23-21(6)28(29(37-8)30(32-23)38-9)40-31-27(36)26(35)25(34)22(7)39-31/h10-11,13-14,16,20,22,24-27,31,33-36H,12,15H2,1-9H3/b13-11+,17-14+,18-16+,19-10+. The van der Waals surface area contributed by atoms with Gasteiger partial charge in [0.1, 0.15) is 18.3 Å². The lowest BCUT2D eigenvalue weighted by Gasteiger charge is -2.39. The number of aromatic nitrogens is 1. The monoisotopic (exact) mass is 561 g/mol. The van der Waals surface area contributed by atoms with Gasteiger partial charge < -0.3 is 39.4 Å². The molecule has 1 saturated heterocycles. The molecule has 0 bridgehead atoms. The largest absolute Gasteiger partial charge is 0.489 e. The van der Waals surface area contributed by atoms with Crippen LogP contribution < -0.4 is 14.2 Å². The van der Waals surface area contributed by atoms with Crippen molar-refractivity contribution in [2.45, 2.75) is 98.1 Å². The Bertz CT molecular complexity index is 1110. The van der Waals surface area contributed by atoms with E-state index in [1.807, 2.05) is 47.6 Å². The molecule has 9 nitrogen and oxygen atoms in total. The van der Waals surface area contributed by atoms with Gasteiger partial charge in [-0.2, -0.15) is 0 Å². The van der Waals surface area contributed by atoms with E-state index in [2.05, 4.69) is 29.3 Å². The molecule has 0 saturated carbocycles. The fourth-order valence-electron chi connectivity index (χ4n) is 4.47. The predicted octanol–water partition coefficient (Wildman–Crippen LogP) is 3.96. The maximum atomic E-state index is 10.5. The summed E-state index contributed by atoms with van der Waals surface area (Å²) >= 11 is 0. The van der Waals surface area contributed by atoms with E-state index in [1.54, 1.807) is 6.92 Å². The van der Waals surface area contributed by atoms with Gasteiger partial charge in [0.05, 0.1) is 32.1 Å². The highest BCUT2D eigenvalue weighted by molar-refractivity contribution is 5.54. The molecule has 4 N–H and O–H groups in total. The van der Waals surface area contributed by atoms with Crippen molar-refractivity contribution in [2.24, 2.45) is 5.92 Å². The number of aliphatic hydroxyl groups is 4. The molecule has 224 valence electrons. The van der Waals surface area contributed by atoms with Gasteiger partial charge in [0, 0.05) is 17.9 Å². The van der Waals surface area contributed by atoms with E-state index < -0.39 is 36.8 Å². The van der Waals surface area contributed by atoms with Gasteiger partial charge in [0.15, 0.2) is 5.75 Å². The normalized spacial score (nSPS) is 26.1. The zero-order valence-corrected chi connectivity index (χ0v) is 25.2. The van der Waals surface area contributed by atoms with Crippen molar-refractivity contribution in [3.05, 3.63) is 58.4 Å². The lowest BCUT2D eigenvalue weighted by atomic mass is 9.96. The van der Waals surface area contributed by atoms with Crippen LogP contribution in [0.5, 0.6) is 17.4 Å². The molecule has 1 fully saturated rings. The molecule has 0 spiro atoms. The number of methoxy groups -OCH3 is 2. The zero-order chi connectivity index (χ0) is 30.1. The second kappa shape index (κ2) is 15.3. The zero-order valence-electron chi connectivity index (χ0n) is 25.2. The molecule has 1 aliphatic rings. The van der Waals surface area contributed by atoms with Crippen LogP contribution in [0.3, 0.4) is 0 Å². The minimum Gasteiger partial charge on any atom is -0.489 e. The molecule has 2 rings (SSSR count). The quantitative estimate of drug-likeness (QED) is 0.221. The third-order valence-corrected chi connectivity index (χ3v) is 7.26.